The third-order valence-corrected chi connectivity index (χ3v) is 3.45. The Morgan fingerprint density at radius 1 is 1.40 bits per heavy atom. The first-order valence-corrected chi connectivity index (χ1v) is 6.76. The lowest BCUT2D eigenvalue weighted by Gasteiger charge is -2.09. The van der Waals surface area contributed by atoms with Crippen LogP contribution in [-0.2, 0) is 13.1 Å². The number of rotatable bonds is 5. The second-order valence-corrected chi connectivity index (χ2v) is 4.92. The van der Waals surface area contributed by atoms with E-state index in [0.29, 0.717) is 23.2 Å². The van der Waals surface area contributed by atoms with Gasteiger partial charge in [-0.1, -0.05) is 18.2 Å². The van der Waals surface area contributed by atoms with Crippen molar-refractivity contribution >= 4 is 21.6 Å². The van der Waals surface area contributed by atoms with Gasteiger partial charge in [0.2, 0.25) is 0 Å². The van der Waals surface area contributed by atoms with Crippen molar-refractivity contribution < 1.29 is 4.39 Å². The van der Waals surface area contributed by atoms with Crippen LogP contribution in [0.2, 0.25) is 0 Å². The van der Waals surface area contributed by atoms with Crippen LogP contribution in [0.3, 0.4) is 0 Å². The largest absolute Gasteiger partial charge is 0.379 e. The van der Waals surface area contributed by atoms with Crippen LogP contribution in [0.4, 0.5) is 10.1 Å². The van der Waals surface area contributed by atoms with Crippen molar-refractivity contribution in [2.75, 3.05) is 5.32 Å². The van der Waals surface area contributed by atoms with E-state index in [1.54, 1.807) is 24.4 Å². The molecule has 0 fully saturated rings. The first-order chi connectivity index (χ1) is 9.61. The molecular formula is C14H13BrFN3O. The lowest BCUT2D eigenvalue weighted by molar-refractivity contribution is 0.627. The summed E-state index contributed by atoms with van der Waals surface area (Å²) in [5, 5.41) is 7.12. The Bertz CT molecular complexity index is 667. The molecular weight excluding hydrogens is 325 g/mol. The third kappa shape index (κ3) is 3.33. The van der Waals surface area contributed by atoms with Gasteiger partial charge in [0.15, 0.2) is 0 Å². The number of aromatic nitrogens is 2. The molecule has 104 valence electrons. The van der Waals surface area contributed by atoms with Crippen molar-refractivity contribution in [2.24, 2.45) is 0 Å². The van der Waals surface area contributed by atoms with E-state index in [-0.39, 0.29) is 11.4 Å². The number of halogens is 2. The second kappa shape index (κ2) is 6.47. The van der Waals surface area contributed by atoms with Crippen LogP contribution in [0.25, 0.3) is 0 Å². The first-order valence-electron chi connectivity index (χ1n) is 5.96. The molecule has 0 saturated carbocycles. The standard InChI is InChI=1S/C14H13BrFN3O/c1-2-7-19-14(20)13(15)12(9-18-19)17-8-10-3-5-11(16)6-4-10/h2-6,9,17H,1,7-8H2. The molecule has 1 aromatic heterocycles. The molecule has 0 spiro atoms. The Kier molecular flexibility index (Phi) is 4.68. The van der Waals surface area contributed by atoms with E-state index >= 15 is 0 Å². The van der Waals surface area contributed by atoms with Crippen molar-refractivity contribution in [3.05, 3.63) is 69.3 Å². The normalized spacial score (nSPS) is 10.3. The highest BCUT2D eigenvalue weighted by Gasteiger charge is 2.07. The smallest absolute Gasteiger partial charge is 0.283 e. The van der Waals surface area contributed by atoms with E-state index in [9.17, 15) is 9.18 Å². The molecule has 0 saturated heterocycles. The zero-order valence-electron chi connectivity index (χ0n) is 10.6. The van der Waals surface area contributed by atoms with Gasteiger partial charge in [-0.15, -0.1) is 6.58 Å². The SMILES string of the molecule is C=CCn1ncc(NCc2ccc(F)cc2)c(Br)c1=O. The molecule has 0 aliphatic rings. The Morgan fingerprint density at radius 3 is 2.75 bits per heavy atom. The molecule has 0 aliphatic heterocycles. The average Bonchev–Trinajstić information content (AvgIpc) is 2.45. The van der Waals surface area contributed by atoms with Gasteiger partial charge in [-0.25, -0.2) is 9.07 Å². The van der Waals surface area contributed by atoms with Gasteiger partial charge in [-0.3, -0.25) is 4.79 Å². The van der Waals surface area contributed by atoms with Gasteiger partial charge >= 0.3 is 0 Å². The van der Waals surface area contributed by atoms with Crippen LogP contribution in [0, 0.1) is 5.82 Å². The molecule has 1 aromatic carbocycles. The van der Waals surface area contributed by atoms with Crippen molar-refractivity contribution in [1.29, 1.82) is 0 Å². The number of allylic oxidation sites excluding steroid dienone is 1. The van der Waals surface area contributed by atoms with Crippen LogP contribution < -0.4 is 10.9 Å². The van der Waals surface area contributed by atoms with Crippen molar-refractivity contribution in [3.8, 4) is 0 Å². The van der Waals surface area contributed by atoms with E-state index in [4.69, 9.17) is 0 Å². The molecule has 0 radical (unpaired) electrons. The molecule has 0 amide bonds. The summed E-state index contributed by atoms with van der Waals surface area (Å²) in [6.07, 6.45) is 3.17. The van der Waals surface area contributed by atoms with E-state index in [2.05, 4.69) is 32.9 Å². The highest BCUT2D eigenvalue weighted by atomic mass is 79.9. The maximum Gasteiger partial charge on any atom is 0.283 e. The Hall–Kier alpha value is -1.95. The van der Waals surface area contributed by atoms with E-state index in [0.717, 1.165) is 5.56 Å². The minimum Gasteiger partial charge on any atom is -0.379 e. The summed E-state index contributed by atoms with van der Waals surface area (Å²) < 4.78 is 14.5. The summed E-state index contributed by atoms with van der Waals surface area (Å²) in [5.41, 5.74) is 1.28. The lowest BCUT2D eigenvalue weighted by Crippen LogP contribution is -2.23. The lowest BCUT2D eigenvalue weighted by atomic mass is 10.2. The van der Waals surface area contributed by atoms with E-state index < -0.39 is 0 Å². The number of hydrogen-bond acceptors (Lipinski definition) is 3. The predicted octanol–water partition coefficient (Wildman–Crippen LogP) is 2.94. The maximum atomic E-state index is 12.8. The van der Waals surface area contributed by atoms with Crippen LogP contribution in [0.15, 0.2) is 52.4 Å². The molecule has 0 aliphatic carbocycles. The second-order valence-electron chi connectivity index (χ2n) is 4.13. The molecule has 0 unspecified atom stereocenters. The Labute approximate surface area is 124 Å². The molecule has 1 N–H and O–H groups in total. The summed E-state index contributed by atoms with van der Waals surface area (Å²) in [6.45, 7) is 4.41. The van der Waals surface area contributed by atoms with Gasteiger partial charge in [-0.2, -0.15) is 5.10 Å². The summed E-state index contributed by atoms with van der Waals surface area (Å²) in [6, 6.07) is 6.16. The first kappa shape index (κ1) is 14.5. The van der Waals surface area contributed by atoms with Gasteiger partial charge in [0.25, 0.3) is 5.56 Å². The zero-order chi connectivity index (χ0) is 14.5. The number of hydrogen-bond donors (Lipinski definition) is 1. The summed E-state index contributed by atoms with van der Waals surface area (Å²) in [4.78, 5) is 12.0. The molecule has 2 rings (SSSR count). The van der Waals surface area contributed by atoms with E-state index in [1.165, 1.54) is 16.8 Å². The molecule has 20 heavy (non-hydrogen) atoms. The molecule has 4 nitrogen and oxygen atoms in total. The minimum absolute atomic E-state index is 0.228. The van der Waals surface area contributed by atoms with Gasteiger partial charge < -0.3 is 5.32 Å². The van der Waals surface area contributed by atoms with Gasteiger partial charge in [0, 0.05) is 6.54 Å². The van der Waals surface area contributed by atoms with Crippen LogP contribution >= 0.6 is 15.9 Å². The predicted molar refractivity (Wildman–Crippen MR) is 80.1 cm³/mol. The summed E-state index contributed by atoms with van der Waals surface area (Å²) in [7, 11) is 0. The minimum atomic E-state index is -0.274. The Balaban J connectivity index is 2.14. The highest BCUT2D eigenvalue weighted by Crippen LogP contribution is 2.17. The number of benzene rings is 1. The number of nitrogens with zero attached hydrogens (tertiary/aromatic N) is 2. The Morgan fingerprint density at radius 2 is 2.10 bits per heavy atom. The number of nitrogens with one attached hydrogen (secondary N) is 1. The van der Waals surface area contributed by atoms with Gasteiger partial charge in [-0.05, 0) is 33.6 Å². The zero-order valence-corrected chi connectivity index (χ0v) is 12.2. The fraction of sp³-hybridized carbons (Fsp3) is 0.143. The van der Waals surface area contributed by atoms with Crippen molar-refractivity contribution in [2.45, 2.75) is 13.1 Å². The molecule has 0 bridgehead atoms. The monoisotopic (exact) mass is 337 g/mol. The molecule has 0 atom stereocenters. The van der Waals surface area contributed by atoms with E-state index in [1.807, 2.05) is 0 Å². The fourth-order valence-corrected chi connectivity index (χ4v) is 2.09. The average molecular weight is 338 g/mol. The molecule has 2 aromatic rings. The highest BCUT2D eigenvalue weighted by molar-refractivity contribution is 9.10. The summed E-state index contributed by atoms with van der Waals surface area (Å²) >= 11 is 3.26. The fourth-order valence-electron chi connectivity index (χ4n) is 1.64. The van der Waals surface area contributed by atoms with Gasteiger partial charge in [0.05, 0.1) is 18.4 Å². The molecule has 1 heterocycles. The third-order valence-electron chi connectivity index (χ3n) is 2.68. The van der Waals surface area contributed by atoms with Crippen LogP contribution in [0.1, 0.15) is 5.56 Å². The topological polar surface area (TPSA) is 46.9 Å². The van der Waals surface area contributed by atoms with Crippen LogP contribution in [-0.4, -0.2) is 9.78 Å². The molecule has 6 heteroatoms. The van der Waals surface area contributed by atoms with Crippen molar-refractivity contribution in [1.82, 2.24) is 9.78 Å². The van der Waals surface area contributed by atoms with Gasteiger partial charge in [0.1, 0.15) is 10.3 Å². The van der Waals surface area contributed by atoms with Crippen LogP contribution in [0.5, 0.6) is 0 Å². The number of anilines is 1. The maximum absolute atomic E-state index is 12.8. The van der Waals surface area contributed by atoms with Crippen molar-refractivity contribution in [3.63, 3.8) is 0 Å². The summed E-state index contributed by atoms with van der Waals surface area (Å²) in [5.74, 6) is -0.274. The quantitative estimate of drug-likeness (QED) is 0.853.